The van der Waals surface area contributed by atoms with Crippen LogP contribution in [-0.4, -0.2) is 134 Å². The molecule has 3 fully saturated rings. The number of phenols is 2. The van der Waals surface area contributed by atoms with Crippen LogP contribution < -0.4 is 27.8 Å². The van der Waals surface area contributed by atoms with Gasteiger partial charge in [-0.05, 0) is 226 Å². The minimum Gasteiger partial charge on any atom is -0.505 e. The molecule has 11 aromatic rings. The van der Waals surface area contributed by atoms with E-state index >= 15 is 0 Å². The summed E-state index contributed by atoms with van der Waals surface area (Å²) in [4.78, 5) is 57.7. The van der Waals surface area contributed by atoms with Gasteiger partial charge in [-0.15, -0.1) is 0 Å². The molecule has 14 rings (SSSR count). The summed E-state index contributed by atoms with van der Waals surface area (Å²) in [5.41, 5.74) is 10.3. The minimum atomic E-state index is -1.64. The van der Waals surface area contributed by atoms with E-state index in [9.17, 15) is 19.5 Å². The fourth-order valence-electron chi connectivity index (χ4n) is 14.8. The molecule has 19 nitrogen and oxygen atoms in total. The van der Waals surface area contributed by atoms with Crippen LogP contribution in [0.5, 0.6) is 11.5 Å². The van der Waals surface area contributed by atoms with Gasteiger partial charge in [0.1, 0.15) is 0 Å². The molecule has 97 heavy (non-hydrogen) atoms. The fourth-order valence-corrected chi connectivity index (χ4v) is 16.5. The van der Waals surface area contributed by atoms with Crippen molar-refractivity contribution in [1.29, 1.82) is 0 Å². The van der Waals surface area contributed by atoms with Crippen LogP contribution in [0.1, 0.15) is 95.2 Å². The number of aromatic nitrogens is 9. The summed E-state index contributed by atoms with van der Waals surface area (Å²) < 4.78 is 13.3. The third-order valence-corrected chi connectivity index (χ3v) is 21.8. The molecule has 3 aliphatic carbocycles. The normalized spacial score (nSPS) is 19.0. The van der Waals surface area contributed by atoms with Crippen LogP contribution in [0.3, 0.4) is 0 Å². The number of imidazole rings is 3. The lowest BCUT2D eigenvalue weighted by Crippen LogP contribution is -2.31. The number of pyridine rings is 3. The van der Waals surface area contributed by atoms with E-state index in [0.29, 0.717) is 5.92 Å². The number of hydrogen-bond donors (Lipinski definition) is 5. The number of benzene rings is 5. The molecule has 0 saturated heterocycles. The minimum absolute atomic E-state index is 0.00137. The van der Waals surface area contributed by atoms with Crippen LogP contribution >= 0.6 is 78.3 Å². The molecule has 0 spiro atoms. The van der Waals surface area contributed by atoms with Crippen molar-refractivity contribution in [2.75, 3.05) is 54.9 Å². The summed E-state index contributed by atoms with van der Waals surface area (Å²) in [7, 11) is 14.4. The Bertz CT molecular complexity index is 4870. The van der Waals surface area contributed by atoms with Gasteiger partial charge in [-0.1, -0.05) is 84.3 Å². The second-order valence-corrected chi connectivity index (χ2v) is 30.2. The summed E-state index contributed by atoms with van der Waals surface area (Å²) in [5, 5.41) is 43.2. The van der Waals surface area contributed by atoms with Gasteiger partial charge in [-0.3, -0.25) is 42.4 Å². The zero-order valence-electron chi connectivity index (χ0n) is 55.6. The van der Waals surface area contributed by atoms with E-state index in [0.717, 1.165) is 169 Å². The van der Waals surface area contributed by atoms with Crippen molar-refractivity contribution in [3.63, 3.8) is 0 Å². The lowest BCUT2D eigenvalue weighted by molar-refractivity contribution is 0.224. The van der Waals surface area contributed by atoms with E-state index in [1.165, 1.54) is 37.8 Å². The summed E-state index contributed by atoms with van der Waals surface area (Å²) in [6.45, 7) is 3.29. The molecule has 512 valence electrons. The molecule has 6 aromatic heterocycles. The number of aryl methyl sites for hydroxylation is 3. The van der Waals surface area contributed by atoms with E-state index in [1.54, 1.807) is 32.0 Å². The van der Waals surface area contributed by atoms with Gasteiger partial charge in [-0.25, -0.2) is 14.4 Å². The molecule has 5 N–H and O–H groups in total. The van der Waals surface area contributed by atoms with Crippen LogP contribution in [0.2, 0.25) is 20.1 Å². The van der Waals surface area contributed by atoms with Crippen molar-refractivity contribution in [3.8, 4) is 22.6 Å². The summed E-state index contributed by atoms with van der Waals surface area (Å²) >= 11 is 30.5. The van der Waals surface area contributed by atoms with Crippen molar-refractivity contribution in [3.05, 3.63) is 158 Å². The van der Waals surface area contributed by atoms with Gasteiger partial charge in [0.15, 0.2) is 11.5 Å². The molecule has 0 unspecified atom stereocenters. The van der Waals surface area contributed by atoms with Crippen molar-refractivity contribution < 1.29 is 20.3 Å². The maximum absolute atomic E-state index is 13.4. The highest BCUT2D eigenvalue weighted by molar-refractivity contribution is 9.10. The molecule has 26 heteroatoms. The van der Waals surface area contributed by atoms with Crippen LogP contribution in [-0.2, 0) is 21.1 Å². The van der Waals surface area contributed by atoms with E-state index in [2.05, 4.69) is 102 Å². The number of nitrogens with zero attached hydrogens (tertiary/aromatic N) is 11. The van der Waals surface area contributed by atoms with Gasteiger partial charge in [0, 0.05) is 77.5 Å². The molecule has 0 atom stereocenters. The molecule has 0 bridgehead atoms. The fraction of sp³-hybridized carbons (Fsp3) is 0.408. The summed E-state index contributed by atoms with van der Waals surface area (Å²) in [6.07, 6.45) is 18.6. The SMILES string of the molecule is CN(C)CC1CCC(n2c(=O)n(C)c3cnc4ccc(-c5cc(Cl)c(O)c(Cl)c5)cc4c32)CC1.CN(C)CC1CCC(n2c(=O)n(C)c3cnc4ccc(Br)cc4c32)CC1.CNCC1CCC(n2c(=O)n(C)c3cnc4ccc(Br)cc4c32)CC1.OB(O)c1cc(Cl)c(O)c(Cl)c1. The molecular weight excluding hydrogens is 1450 g/mol. The molecule has 6 heterocycles. The lowest BCUT2D eigenvalue weighted by atomic mass is 9.80. The number of hydrogen-bond acceptors (Lipinski definition) is 13. The number of phenolic OH excluding ortho intramolecular Hbond substituents is 2. The Morgan fingerprint density at radius 1 is 0.485 bits per heavy atom. The summed E-state index contributed by atoms with van der Waals surface area (Å²) in [6, 6.07) is 24.7. The quantitative estimate of drug-likeness (QED) is 0.0762. The molecule has 0 radical (unpaired) electrons. The van der Waals surface area contributed by atoms with Crippen LogP contribution in [0.15, 0.2) is 121 Å². The van der Waals surface area contributed by atoms with Gasteiger partial charge >= 0.3 is 24.2 Å². The number of rotatable bonds is 11. The number of aromatic hydroxyl groups is 2. The third-order valence-electron chi connectivity index (χ3n) is 19.6. The van der Waals surface area contributed by atoms with Gasteiger partial charge in [-0.2, -0.15) is 0 Å². The Balaban J connectivity index is 0.000000137. The van der Waals surface area contributed by atoms with Gasteiger partial charge in [0.2, 0.25) is 0 Å². The Morgan fingerprint density at radius 3 is 1.15 bits per heavy atom. The highest BCUT2D eigenvalue weighted by Gasteiger charge is 2.31. The molecule has 0 amide bonds. The molecule has 0 aliphatic heterocycles. The van der Waals surface area contributed by atoms with E-state index in [4.69, 9.17) is 61.6 Å². The van der Waals surface area contributed by atoms with Crippen LogP contribution in [0, 0.1) is 17.8 Å². The Morgan fingerprint density at radius 2 is 0.814 bits per heavy atom. The highest BCUT2D eigenvalue weighted by atomic mass is 79.9. The van der Waals surface area contributed by atoms with Crippen molar-refractivity contribution in [1.82, 2.24) is 57.5 Å². The summed E-state index contributed by atoms with van der Waals surface area (Å²) in [5.74, 6) is 1.74. The largest absolute Gasteiger partial charge is 0.505 e. The first-order valence-corrected chi connectivity index (χ1v) is 35.9. The van der Waals surface area contributed by atoms with Crippen molar-refractivity contribution >= 4 is 157 Å². The average molecular weight is 1530 g/mol. The molecule has 3 aliphatic rings. The Labute approximate surface area is 599 Å². The van der Waals surface area contributed by atoms with Crippen LogP contribution in [0.4, 0.5) is 0 Å². The van der Waals surface area contributed by atoms with Gasteiger partial charge in [0.25, 0.3) is 0 Å². The molecular formula is C71H81BBr2Cl4N12O7. The lowest BCUT2D eigenvalue weighted by Gasteiger charge is -2.31. The smallest absolute Gasteiger partial charge is 0.488 e. The maximum Gasteiger partial charge on any atom is 0.488 e. The number of nitrogens with one attached hydrogen (secondary N) is 1. The second-order valence-electron chi connectivity index (χ2n) is 26.8. The predicted molar refractivity (Wildman–Crippen MR) is 402 cm³/mol. The Kier molecular flexibility index (Phi) is 22.8. The van der Waals surface area contributed by atoms with Gasteiger partial charge < -0.3 is 35.4 Å². The standard InChI is InChI=1S/C26H28Cl2N4O2.C20H25BrN4O.C19H23BrN4O.C6H5BCl2O3/c1-30(2)14-15-4-7-18(8-5-15)32-24-19-10-16(17-11-20(27)25(33)21(28)12-17)6-9-22(19)29-13-23(24)31(3)26(32)34;1-23(2)12-13-4-7-15(8-5-13)25-19-16-10-14(21)6-9-17(16)22-11-18(19)24(3)20(25)26;1-21-10-12-3-6-14(7-4-12)24-18-15-9-13(20)5-8-16(15)22-11-17(18)23(2)19(24)25;8-4-1-3(7(11)12)2-5(9)6(4)10/h6,9-13,15,18,33H,4-5,7-8,14H2,1-3H3;6,9-11,13,15H,4-5,7-8,12H2,1-3H3;5,8-9,11-12,14,21H,3-4,6-7,10H2,1-2H3;1-2,10-12H. The highest BCUT2D eigenvalue weighted by Crippen LogP contribution is 2.42. The zero-order chi connectivity index (χ0) is 69.4. The van der Waals surface area contributed by atoms with Crippen LogP contribution in [0.25, 0.3) is 76.9 Å². The average Bonchev–Trinajstić information content (AvgIpc) is 1.62. The third kappa shape index (κ3) is 15.3. The molecule has 3 saturated carbocycles. The number of halogens is 6. The first-order valence-electron chi connectivity index (χ1n) is 32.8. The monoisotopic (exact) mass is 1520 g/mol. The first-order chi connectivity index (χ1) is 46.3. The van der Waals surface area contributed by atoms with E-state index in [1.807, 2.05) is 96.8 Å². The predicted octanol–water partition coefficient (Wildman–Crippen LogP) is 13.8. The zero-order valence-corrected chi connectivity index (χ0v) is 61.8. The first kappa shape index (κ1) is 72.0. The number of fused-ring (bicyclic) bond motifs is 9. The topological polar surface area (TPSA) is 219 Å². The van der Waals surface area contributed by atoms with E-state index < -0.39 is 7.12 Å². The second kappa shape index (κ2) is 30.7. The Hall–Kier alpha value is -6.28. The van der Waals surface area contributed by atoms with Crippen molar-refractivity contribution in [2.45, 2.75) is 95.2 Å². The van der Waals surface area contributed by atoms with Gasteiger partial charge in [0.05, 0.1) is 88.3 Å². The van der Waals surface area contributed by atoms with E-state index in [-0.39, 0.29) is 72.2 Å². The molecule has 5 aromatic carbocycles. The maximum atomic E-state index is 13.4. The van der Waals surface area contributed by atoms with Crippen molar-refractivity contribution in [2.24, 2.45) is 38.9 Å².